The average Bonchev–Trinajstić information content (AvgIpc) is 3.32. The third kappa shape index (κ3) is 5.81. The highest BCUT2D eigenvalue weighted by atomic mass is 32.2. The van der Waals surface area contributed by atoms with Crippen LogP contribution >= 0.6 is 11.8 Å². The molecule has 1 saturated heterocycles. The van der Waals surface area contributed by atoms with E-state index >= 15 is 0 Å². The van der Waals surface area contributed by atoms with Gasteiger partial charge in [-0.3, -0.25) is 0 Å². The van der Waals surface area contributed by atoms with Crippen molar-refractivity contribution in [1.29, 1.82) is 0 Å². The summed E-state index contributed by atoms with van der Waals surface area (Å²) >= 11 is 2.07. The van der Waals surface area contributed by atoms with Crippen LogP contribution in [0, 0.1) is 0 Å². The lowest BCUT2D eigenvalue weighted by molar-refractivity contribution is 0.727. The molecule has 3 rings (SSSR count). The maximum absolute atomic E-state index is 4.72. The van der Waals surface area contributed by atoms with E-state index < -0.39 is 0 Å². The van der Waals surface area contributed by atoms with Crippen molar-refractivity contribution in [2.75, 3.05) is 18.8 Å². The third-order valence-electron chi connectivity index (χ3n) is 4.23. The van der Waals surface area contributed by atoms with E-state index in [1.807, 2.05) is 18.7 Å². The first-order valence-corrected chi connectivity index (χ1v) is 10.1. The first kappa shape index (κ1) is 17.9. The van der Waals surface area contributed by atoms with Gasteiger partial charge in [-0.15, -0.1) is 0 Å². The zero-order valence-electron chi connectivity index (χ0n) is 14.8. The number of aromatic nitrogens is 2. The average molecular weight is 358 g/mol. The molecular weight excluding hydrogens is 330 g/mol. The Hall–Kier alpha value is -1.95. The Bertz CT molecular complexity index is 645. The smallest absolute Gasteiger partial charge is 0.191 e. The second kappa shape index (κ2) is 9.51. The van der Waals surface area contributed by atoms with Crippen molar-refractivity contribution < 1.29 is 0 Å². The number of aliphatic imine (C=N–C) groups is 1. The lowest BCUT2D eigenvalue weighted by atomic mass is 10.1. The predicted molar refractivity (Wildman–Crippen MR) is 106 cm³/mol. The molecule has 1 aromatic carbocycles. The molecule has 1 aliphatic heterocycles. The molecule has 6 heteroatoms. The largest absolute Gasteiger partial charge is 0.357 e. The molecule has 0 saturated carbocycles. The van der Waals surface area contributed by atoms with Crippen molar-refractivity contribution in [3.8, 4) is 0 Å². The van der Waals surface area contributed by atoms with Crippen molar-refractivity contribution in [2.24, 2.45) is 4.99 Å². The van der Waals surface area contributed by atoms with Gasteiger partial charge in [0.05, 0.1) is 12.9 Å². The number of thioether (sulfide) groups is 1. The Balaban J connectivity index is 1.52. The molecule has 2 N–H and O–H groups in total. The Morgan fingerprint density at radius 3 is 2.80 bits per heavy atom. The standard InChI is InChI=1S/C19H27N5S/c1-2-21-19(23-13-18-4-3-11-25-18)22-12-16-5-7-17(8-6-16)14-24-10-9-20-15-24/h5-10,15,18H,2-4,11-14H2,1H3,(H2,21,22,23). The van der Waals surface area contributed by atoms with E-state index in [1.165, 1.54) is 29.7 Å². The van der Waals surface area contributed by atoms with Crippen LogP contribution in [0.1, 0.15) is 30.9 Å². The van der Waals surface area contributed by atoms with E-state index in [4.69, 9.17) is 4.99 Å². The van der Waals surface area contributed by atoms with E-state index in [2.05, 4.69) is 63.1 Å². The second-order valence-electron chi connectivity index (χ2n) is 6.26. The third-order valence-corrected chi connectivity index (χ3v) is 5.63. The SMILES string of the molecule is CCNC(=NCc1ccc(Cn2ccnc2)cc1)NCC1CCCS1. The quantitative estimate of drug-likeness (QED) is 0.591. The minimum Gasteiger partial charge on any atom is -0.357 e. The van der Waals surface area contributed by atoms with E-state index in [9.17, 15) is 0 Å². The van der Waals surface area contributed by atoms with Crippen molar-refractivity contribution in [1.82, 2.24) is 20.2 Å². The van der Waals surface area contributed by atoms with Crippen molar-refractivity contribution >= 4 is 17.7 Å². The minimum atomic E-state index is 0.693. The molecule has 0 bridgehead atoms. The van der Waals surface area contributed by atoms with Gasteiger partial charge in [0.25, 0.3) is 0 Å². The van der Waals surface area contributed by atoms with Crippen LogP contribution in [-0.2, 0) is 13.1 Å². The maximum Gasteiger partial charge on any atom is 0.191 e. The summed E-state index contributed by atoms with van der Waals surface area (Å²) in [5, 5.41) is 7.55. The summed E-state index contributed by atoms with van der Waals surface area (Å²) < 4.78 is 2.07. The van der Waals surface area contributed by atoms with Crippen LogP contribution in [0.15, 0.2) is 48.0 Å². The Labute approximate surface area is 154 Å². The molecule has 0 radical (unpaired) electrons. The fourth-order valence-electron chi connectivity index (χ4n) is 2.87. The van der Waals surface area contributed by atoms with Gasteiger partial charge in [0, 0.05) is 37.3 Å². The molecule has 0 aliphatic carbocycles. The fourth-order valence-corrected chi connectivity index (χ4v) is 4.07. The monoisotopic (exact) mass is 357 g/mol. The van der Waals surface area contributed by atoms with Gasteiger partial charge >= 0.3 is 0 Å². The lowest BCUT2D eigenvalue weighted by Crippen LogP contribution is -2.40. The van der Waals surface area contributed by atoms with Crippen LogP contribution in [0.3, 0.4) is 0 Å². The number of hydrogen-bond donors (Lipinski definition) is 2. The van der Waals surface area contributed by atoms with Gasteiger partial charge in [0.2, 0.25) is 0 Å². The van der Waals surface area contributed by atoms with Crippen molar-refractivity contribution in [2.45, 2.75) is 38.1 Å². The molecule has 1 aliphatic rings. The molecule has 2 heterocycles. The summed E-state index contributed by atoms with van der Waals surface area (Å²) in [6.07, 6.45) is 8.29. The van der Waals surface area contributed by atoms with Gasteiger partial charge in [0.1, 0.15) is 0 Å². The first-order valence-electron chi connectivity index (χ1n) is 9.01. The Morgan fingerprint density at radius 2 is 2.12 bits per heavy atom. The summed E-state index contributed by atoms with van der Waals surface area (Å²) in [7, 11) is 0. The first-order chi connectivity index (χ1) is 12.3. The van der Waals surface area contributed by atoms with E-state index in [-0.39, 0.29) is 0 Å². The summed E-state index contributed by atoms with van der Waals surface area (Å²) in [4.78, 5) is 8.80. The number of benzene rings is 1. The highest BCUT2D eigenvalue weighted by Gasteiger charge is 2.15. The van der Waals surface area contributed by atoms with Crippen molar-refractivity contribution in [3.63, 3.8) is 0 Å². The summed E-state index contributed by atoms with van der Waals surface area (Å²) in [5.74, 6) is 2.21. The molecule has 2 aromatic rings. The Kier molecular flexibility index (Phi) is 6.79. The molecular formula is C19H27N5S. The minimum absolute atomic E-state index is 0.693. The van der Waals surface area contributed by atoms with Gasteiger partial charge in [-0.05, 0) is 36.6 Å². The zero-order valence-corrected chi connectivity index (χ0v) is 15.6. The normalized spacial score (nSPS) is 17.6. The summed E-state index contributed by atoms with van der Waals surface area (Å²) in [6.45, 7) is 5.53. The highest BCUT2D eigenvalue weighted by molar-refractivity contribution is 8.00. The molecule has 0 amide bonds. The number of nitrogens with one attached hydrogen (secondary N) is 2. The van der Waals surface area contributed by atoms with Crippen LogP contribution < -0.4 is 10.6 Å². The molecule has 1 atom stereocenters. The van der Waals surface area contributed by atoms with Crippen LogP contribution in [0.25, 0.3) is 0 Å². The van der Waals surface area contributed by atoms with E-state index in [1.54, 1.807) is 0 Å². The number of imidazole rings is 1. The molecule has 0 spiro atoms. The topological polar surface area (TPSA) is 54.2 Å². The van der Waals surface area contributed by atoms with Gasteiger partial charge < -0.3 is 15.2 Å². The van der Waals surface area contributed by atoms with Gasteiger partial charge in [0.15, 0.2) is 5.96 Å². The molecule has 134 valence electrons. The second-order valence-corrected chi connectivity index (χ2v) is 7.67. The van der Waals surface area contributed by atoms with Crippen LogP contribution in [-0.4, -0.2) is 39.6 Å². The molecule has 5 nitrogen and oxygen atoms in total. The molecule has 1 fully saturated rings. The number of rotatable bonds is 7. The van der Waals surface area contributed by atoms with Gasteiger partial charge in [-0.1, -0.05) is 24.3 Å². The predicted octanol–water partition coefficient (Wildman–Crippen LogP) is 2.88. The van der Waals surface area contributed by atoms with Crippen molar-refractivity contribution in [3.05, 3.63) is 54.1 Å². The number of guanidine groups is 1. The number of nitrogens with zero attached hydrogens (tertiary/aromatic N) is 3. The van der Waals surface area contributed by atoms with Crippen LogP contribution in [0.5, 0.6) is 0 Å². The molecule has 25 heavy (non-hydrogen) atoms. The number of hydrogen-bond acceptors (Lipinski definition) is 3. The fraction of sp³-hybridized carbons (Fsp3) is 0.474. The van der Waals surface area contributed by atoms with Crippen LogP contribution in [0.2, 0.25) is 0 Å². The molecule has 1 unspecified atom stereocenters. The summed E-state index contributed by atoms with van der Waals surface area (Å²) in [5.41, 5.74) is 2.50. The maximum atomic E-state index is 4.72. The summed E-state index contributed by atoms with van der Waals surface area (Å²) in [6, 6.07) is 8.65. The zero-order chi connectivity index (χ0) is 17.3. The van der Waals surface area contributed by atoms with Crippen LogP contribution in [0.4, 0.5) is 0 Å². The molecule has 1 aromatic heterocycles. The van der Waals surface area contributed by atoms with E-state index in [0.717, 1.165) is 30.8 Å². The highest BCUT2D eigenvalue weighted by Crippen LogP contribution is 2.25. The van der Waals surface area contributed by atoms with Gasteiger partial charge in [-0.25, -0.2) is 9.98 Å². The Morgan fingerprint density at radius 1 is 1.28 bits per heavy atom. The van der Waals surface area contributed by atoms with E-state index in [0.29, 0.717) is 6.54 Å². The van der Waals surface area contributed by atoms with Gasteiger partial charge in [-0.2, -0.15) is 11.8 Å². The lowest BCUT2D eigenvalue weighted by Gasteiger charge is -2.14.